The average Bonchev–Trinajstić information content (AvgIpc) is 2.69. The fourth-order valence-electron chi connectivity index (χ4n) is 2.42. The van der Waals surface area contributed by atoms with Gasteiger partial charge in [-0.3, -0.25) is 9.59 Å². The lowest BCUT2D eigenvalue weighted by Gasteiger charge is -2.08. The van der Waals surface area contributed by atoms with Crippen molar-refractivity contribution in [2.75, 3.05) is 5.32 Å². The van der Waals surface area contributed by atoms with Crippen LogP contribution in [-0.2, 0) is 6.54 Å². The molecule has 2 amide bonds. The monoisotopic (exact) mass is 382 g/mol. The van der Waals surface area contributed by atoms with Crippen LogP contribution in [0.15, 0.2) is 72.8 Å². The molecule has 0 aliphatic carbocycles. The summed E-state index contributed by atoms with van der Waals surface area (Å²) in [4.78, 5) is 24.7. The first-order valence-corrected chi connectivity index (χ1v) is 8.59. The summed E-state index contributed by atoms with van der Waals surface area (Å²) in [6.45, 7) is 0.264. The lowest BCUT2D eigenvalue weighted by atomic mass is 10.1. The average molecular weight is 383 g/mol. The van der Waals surface area contributed by atoms with Gasteiger partial charge < -0.3 is 10.6 Å². The Kier molecular flexibility index (Phi) is 5.84. The van der Waals surface area contributed by atoms with E-state index >= 15 is 0 Å². The summed E-state index contributed by atoms with van der Waals surface area (Å²) < 4.78 is 12.9. The number of hydrogen-bond acceptors (Lipinski definition) is 2. The van der Waals surface area contributed by atoms with Gasteiger partial charge in [-0.1, -0.05) is 29.8 Å². The molecule has 0 aliphatic heterocycles. The third-order valence-corrected chi connectivity index (χ3v) is 4.11. The van der Waals surface area contributed by atoms with Gasteiger partial charge in [0.25, 0.3) is 11.8 Å². The van der Waals surface area contributed by atoms with E-state index in [1.54, 1.807) is 54.6 Å². The molecule has 0 saturated heterocycles. The van der Waals surface area contributed by atoms with E-state index in [2.05, 4.69) is 10.6 Å². The standard InChI is InChI=1S/C21H16ClFN2O2/c22-17-6-10-19(11-7-17)25-21(27)16-3-1-2-15(12-16)20(26)24-13-14-4-8-18(23)9-5-14/h1-12H,13H2,(H,24,26)(H,25,27). The summed E-state index contributed by atoms with van der Waals surface area (Å²) in [5, 5.41) is 6.08. The van der Waals surface area contributed by atoms with Gasteiger partial charge in [0.1, 0.15) is 5.82 Å². The quantitative estimate of drug-likeness (QED) is 0.674. The van der Waals surface area contributed by atoms with Gasteiger partial charge >= 0.3 is 0 Å². The van der Waals surface area contributed by atoms with E-state index in [1.165, 1.54) is 18.2 Å². The zero-order chi connectivity index (χ0) is 19.2. The van der Waals surface area contributed by atoms with Crippen molar-refractivity contribution in [2.24, 2.45) is 0 Å². The Morgan fingerprint density at radius 3 is 2.15 bits per heavy atom. The van der Waals surface area contributed by atoms with E-state index in [4.69, 9.17) is 11.6 Å². The first kappa shape index (κ1) is 18.6. The molecular weight excluding hydrogens is 367 g/mol. The van der Waals surface area contributed by atoms with Crippen LogP contribution in [0.4, 0.5) is 10.1 Å². The molecule has 3 aromatic carbocycles. The molecule has 0 spiro atoms. The molecule has 0 aromatic heterocycles. The zero-order valence-electron chi connectivity index (χ0n) is 14.2. The van der Waals surface area contributed by atoms with Crippen LogP contribution in [0.5, 0.6) is 0 Å². The molecule has 4 nitrogen and oxygen atoms in total. The number of amides is 2. The highest BCUT2D eigenvalue weighted by Crippen LogP contribution is 2.15. The van der Waals surface area contributed by atoms with E-state index in [0.717, 1.165) is 5.56 Å². The number of carbonyl (C=O) groups excluding carboxylic acids is 2. The summed E-state index contributed by atoms with van der Waals surface area (Å²) in [7, 11) is 0. The Morgan fingerprint density at radius 2 is 1.48 bits per heavy atom. The zero-order valence-corrected chi connectivity index (χ0v) is 15.0. The van der Waals surface area contributed by atoms with Gasteiger partial charge in [-0.15, -0.1) is 0 Å². The van der Waals surface area contributed by atoms with Gasteiger partial charge in [0, 0.05) is 28.4 Å². The van der Waals surface area contributed by atoms with Crippen molar-refractivity contribution in [3.8, 4) is 0 Å². The molecule has 0 radical (unpaired) electrons. The fourth-order valence-corrected chi connectivity index (χ4v) is 2.55. The van der Waals surface area contributed by atoms with E-state index < -0.39 is 0 Å². The number of hydrogen-bond donors (Lipinski definition) is 2. The molecule has 0 bridgehead atoms. The molecule has 0 heterocycles. The van der Waals surface area contributed by atoms with Crippen molar-refractivity contribution in [3.05, 3.63) is 100 Å². The third kappa shape index (κ3) is 5.15. The van der Waals surface area contributed by atoms with Gasteiger partial charge in [-0.05, 0) is 60.2 Å². The largest absolute Gasteiger partial charge is 0.348 e. The number of benzene rings is 3. The summed E-state index contributed by atoms with van der Waals surface area (Å²) in [5.74, 6) is -0.976. The number of rotatable bonds is 5. The van der Waals surface area contributed by atoms with Crippen LogP contribution in [0, 0.1) is 5.82 Å². The molecular formula is C21H16ClFN2O2. The minimum atomic E-state index is -0.329. The maximum absolute atomic E-state index is 12.9. The Hall–Kier alpha value is -3.18. The van der Waals surface area contributed by atoms with Crippen molar-refractivity contribution in [1.82, 2.24) is 5.32 Å². The Labute approximate surface area is 161 Å². The maximum Gasteiger partial charge on any atom is 0.255 e. The van der Waals surface area contributed by atoms with E-state index in [0.29, 0.717) is 21.8 Å². The van der Waals surface area contributed by atoms with Crippen LogP contribution in [0.3, 0.4) is 0 Å². The van der Waals surface area contributed by atoms with E-state index in [1.807, 2.05) is 0 Å². The lowest BCUT2D eigenvalue weighted by molar-refractivity contribution is 0.0951. The van der Waals surface area contributed by atoms with Crippen LogP contribution in [0.25, 0.3) is 0 Å². The molecule has 6 heteroatoms. The number of carbonyl (C=O) groups is 2. The molecule has 0 fully saturated rings. The highest BCUT2D eigenvalue weighted by atomic mass is 35.5. The highest BCUT2D eigenvalue weighted by molar-refractivity contribution is 6.30. The third-order valence-electron chi connectivity index (χ3n) is 3.86. The van der Waals surface area contributed by atoms with Crippen LogP contribution < -0.4 is 10.6 Å². The minimum Gasteiger partial charge on any atom is -0.348 e. The van der Waals surface area contributed by atoms with Crippen molar-refractivity contribution in [1.29, 1.82) is 0 Å². The predicted molar refractivity (Wildman–Crippen MR) is 103 cm³/mol. The lowest BCUT2D eigenvalue weighted by Crippen LogP contribution is -2.23. The van der Waals surface area contributed by atoms with Gasteiger partial charge in [-0.25, -0.2) is 4.39 Å². The summed E-state index contributed by atoms with van der Waals surface area (Å²) in [6, 6.07) is 19.0. The molecule has 27 heavy (non-hydrogen) atoms. The second-order valence-corrected chi connectivity index (χ2v) is 6.29. The van der Waals surface area contributed by atoms with Crippen LogP contribution in [-0.4, -0.2) is 11.8 Å². The molecule has 136 valence electrons. The molecule has 0 atom stereocenters. The van der Waals surface area contributed by atoms with Crippen molar-refractivity contribution in [2.45, 2.75) is 6.54 Å². The van der Waals surface area contributed by atoms with E-state index in [-0.39, 0.29) is 24.2 Å². The number of nitrogens with one attached hydrogen (secondary N) is 2. The SMILES string of the molecule is O=C(NCc1ccc(F)cc1)c1cccc(C(=O)Nc2ccc(Cl)cc2)c1. The second kappa shape index (κ2) is 8.47. The molecule has 0 unspecified atom stereocenters. The van der Waals surface area contributed by atoms with Gasteiger partial charge in [0.15, 0.2) is 0 Å². The minimum absolute atomic E-state index is 0.264. The van der Waals surface area contributed by atoms with Crippen LogP contribution in [0.1, 0.15) is 26.3 Å². The maximum atomic E-state index is 12.9. The molecule has 2 N–H and O–H groups in total. The van der Waals surface area contributed by atoms with Crippen molar-refractivity contribution in [3.63, 3.8) is 0 Å². The topological polar surface area (TPSA) is 58.2 Å². The normalized spacial score (nSPS) is 10.3. The second-order valence-electron chi connectivity index (χ2n) is 5.85. The van der Waals surface area contributed by atoms with Gasteiger partial charge in [0.2, 0.25) is 0 Å². The number of anilines is 1. The van der Waals surface area contributed by atoms with Crippen molar-refractivity contribution >= 4 is 29.1 Å². The first-order chi connectivity index (χ1) is 13.0. The summed E-state index contributed by atoms with van der Waals surface area (Å²) >= 11 is 5.83. The van der Waals surface area contributed by atoms with Gasteiger partial charge in [-0.2, -0.15) is 0 Å². The first-order valence-electron chi connectivity index (χ1n) is 8.21. The fraction of sp³-hybridized carbons (Fsp3) is 0.0476. The molecule has 0 aliphatic rings. The Morgan fingerprint density at radius 1 is 0.852 bits per heavy atom. The molecule has 0 saturated carbocycles. The van der Waals surface area contributed by atoms with Crippen LogP contribution in [0.2, 0.25) is 5.02 Å². The Balaban J connectivity index is 1.65. The van der Waals surface area contributed by atoms with Crippen molar-refractivity contribution < 1.29 is 14.0 Å². The molecule has 3 rings (SSSR count). The van der Waals surface area contributed by atoms with E-state index in [9.17, 15) is 14.0 Å². The van der Waals surface area contributed by atoms with Gasteiger partial charge in [0.05, 0.1) is 0 Å². The summed E-state index contributed by atoms with van der Waals surface area (Å²) in [6.07, 6.45) is 0. The molecule has 3 aromatic rings. The highest BCUT2D eigenvalue weighted by Gasteiger charge is 2.11. The summed E-state index contributed by atoms with van der Waals surface area (Å²) in [5.41, 5.74) is 2.11. The van der Waals surface area contributed by atoms with Crippen LogP contribution >= 0.6 is 11.6 Å². The Bertz CT molecular complexity index is 957. The predicted octanol–water partition coefficient (Wildman–Crippen LogP) is 4.66. The smallest absolute Gasteiger partial charge is 0.255 e. The number of halogens is 2.